The lowest BCUT2D eigenvalue weighted by Crippen LogP contribution is -2.15. The van der Waals surface area contributed by atoms with E-state index in [9.17, 15) is 5.11 Å². The number of ether oxygens (including phenoxy) is 1. The number of aliphatic hydroxyl groups excluding tert-OH is 1. The highest BCUT2D eigenvalue weighted by molar-refractivity contribution is 5.48. The van der Waals surface area contributed by atoms with Crippen molar-refractivity contribution < 1.29 is 9.84 Å². The molecule has 2 heteroatoms. The molecule has 0 aliphatic rings. The largest absolute Gasteiger partial charge is 0.491 e. The quantitative estimate of drug-likeness (QED) is 0.776. The van der Waals surface area contributed by atoms with Crippen LogP contribution in [-0.4, -0.2) is 17.8 Å². The number of benzene rings is 1. The number of hydrogen-bond donors (Lipinski definition) is 1. The van der Waals surface area contributed by atoms with E-state index in [0.717, 1.165) is 11.3 Å². The molecule has 0 amide bonds. The highest BCUT2D eigenvalue weighted by Crippen LogP contribution is 2.13. The number of rotatable bonds is 5. The van der Waals surface area contributed by atoms with Gasteiger partial charge in [-0.1, -0.05) is 31.7 Å². The molecule has 1 N–H and O–H groups in total. The summed E-state index contributed by atoms with van der Waals surface area (Å²) in [5.41, 5.74) is 1.06. The fraction of sp³-hybridized carbons (Fsp3) is 0.333. The minimum Gasteiger partial charge on any atom is -0.491 e. The summed E-state index contributed by atoms with van der Waals surface area (Å²) < 4.78 is 5.37. The molecule has 0 aliphatic heterocycles. The van der Waals surface area contributed by atoms with E-state index in [1.807, 2.05) is 31.2 Å². The van der Waals surface area contributed by atoms with Crippen molar-refractivity contribution in [2.24, 2.45) is 0 Å². The molecular formula is C12H16O2. The fourth-order valence-electron chi connectivity index (χ4n) is 1.01. The van der Waals surface area contributed by atoms with Gasteiger partial charge in [0.1, 0.15) is 12.4 Å². The first-order chi connectivity index (χ1) is 6.76. The molecule has 1 aromatic carbocycles. The van der Waals surface area contributed by atoms with E-state index in [0.29, 0.717) is 13.0 Å². The highest BCUT2D eigenvalue weighted by atomic mass is 16.5. The third-order valence-electron chi connectivity index (χ3n) is 2.03. The molecule has 14 heavy (non-hydrogen) atoms. The molecule has 0 aromatic heterocycles. The summed E-state index contributed by atoms with van der Waals surface area (Å²) >= 11 is 0. The zero-order chi connectivity index (χ0) is 10.4. The maximum Gasteiger partial charge on any atom is 0.119 e. The molecule has 0 bridgehead atoms. The molecule has 1 atom stereocenters. The van der Waals surface area contributed by atoms with Crippen LogP contribution in [0.4, 0.5) is 0 Å². The zero-order valence-corrected chi connectivity index (χ0v) is 8.44. The topological polar surface area (TPSA) is 29.5 Å². The van der Waals surface area contributed by atoms with E-state index in [2.05, 4.69) is 6.58 Å². The Morgan fingerprint density at radius 1 is 1.43 bits per heavy atom. The Balaban J connectivity index is 2.47. The van der Waals surface area contributed by atoms with Gasteiger partial charge >= 0.3 is 0 Å². The van der Waals surface area contributed by atoms with E-state index in [4.69, 9.17) is 4.74 Å². The maximum absolute atomic E-state index is 9.28. The molecule has 0 radical (unpaired) electrons. The number of aliphatic hydroxyl groups is 1. The van der Waals surface area contributed by atoms with Crippen molar-refractivity contribution in [1.29, 1.82) is 0 Å². The monoisotopic (exact) mass is 192 g/mol. The molecule has 1 unspecified atom stereocenters. The van der Waals surface area contributed by atoms with Gasteiger partial charge in [0.25, 0.3) is 0 Å². The summed E-state index contributed by atoms with van der Waals surface area (Å²) in [4.78, 5) is 0. The number of hydrogen-bond acceptors (Lipinski definition) is 2. The lowest BCUT2D eigenvalue weighted by atomic mass is 10.2. The maximum atomic E-state index is 9.28. The predicted octanol–water partition coefficient (Wildman–Crippen LogP) is 2.48. The third-order valence-corrected chi connectivity index (χ3v) is 2.03. The first-order valence-corrected chi connectivity index (χ1v) is 4.79. The fourth-order valence-corrected chi connectivity index (χ4v) is 1.01. The van der Waals surface area contributed by atoms with Crippen molar-refractivity contribution in [2.75, 3.05) is 6.61 Å². The van der Waals surface area contributed by atoms with Crippen LogP contribution in [0.15, 0.2) is 30.8 Å². The van der Waals surface area contributed by atoms with Crippen LogP contribution in [0.3, 0.4) is 0 Å². The normalized spacial score (nSPS) is 12.1. The van der Waals surface area contributed by atoms with Crippen LogP contribution >= 0.6 is 0 Å². The Morgan fingerprint density at radius 3 is 2.57 bits per heavy atom. The van der Waals surface area contributed by atoms with E-state index in [-0.39, 0.29) is 6.10 Å². The Labute approximate surface area is 84.8 Å². The molecule has 1 rings (SSSR count). The van der Waals surface area contributed by atoms with Gasteiger partial charge in [-0.15, -0.1) is 0 Å². The summed E-state index contributed by atoms with van der Waals surface area (Å²) in [6, 6.07) is 7.61. The highest BCUT2D eigenvalue weighted by Gasteiger charge is 2.01. The van der Waals surface area contributed by atoms with Gasteiger partial charge in [0.05, 0.1) is 6.10 Å². The van der Waals surface area contributed by atoms with Crippen LogP contribution in [-0.2, 0) is 0 Å². The van der Waals surface area contributed by atoms with Gasteiger partial charge in [0.15, 0.2) is 0 Å². The second kappa shape index (κ2) is 5.45. The van der Waals surface area contributed by atoms with Crippen molar-refractivity contribution in [3.05, 3.63) is 36.4 Å². The predicted molar refractivity (Wildman–Crippen MR) is 58.3 cm³/mol. The lowest BCUT2D eigenvalue weighted by Gasteiger charge is -2.10. The summed E-state index contributed by atoms with van der Waals surface area (Å²) in [6.45, 7) is 5.94. The van der Waals surface area contributed by atoms with Crippen LogP contribution in [0.5, 0.6) is 5.75 Å². The standard InChI is InChI=1S/C12H16O2/c1-3-10-5-7-12(8-6-10)14-9-11(13)4-2/h3,5-8,11,13H,1,4,9H2,2H3. The molecule has 0 heterocycles. The van der Waals surface area contributed by atoms with E-state index >= 15 is 0 Å². The van der Waals surface area contributed by atoms with E-state index in [1.165, 1.54) is 0 Å². The van der Waals surface area contributed by atoms with Crippen molar-refractivity contribution >= 4 is 6.08 Å². The second-order valence-corrected chi connectivity index (χ2v) is 3.15. The Bertz CT molecular complexity index is 277. The molecule has 0 fully saturated rings. The molecule has 76 valence electrons. The SMILES string of the molecule is C=Cc1ccc(OCC(O)CC)cc1. The first kappa shape index (κ1) is 10.8. The third kappa shape index (κ3) is 3.23. The van der Waals surface area contributed by atoms with E-state index < -0.39 is 0 Å². The molecule has 2 nitrogen and oxygen atoms in total. The zero-order valence-electron chi connectivity index (χ0n) is 8.44. The van der Waals surface area contributed by atoms with Gasteiger partial charge in [0.2, 0.25) is 0 Å². The van der Waals surface area contributed by atoms with Gasteiger partial charge in [-0.2, -0.15) is 0 Å². The second-order valence-electron chi connectivity index (χ2n) is 3.15. The summed E-state index contributed by atoms with van der Waals surface area (Å²) in [7, 11) is 0. The molecule has 0 saturated carbocycles. The van der Waals surface area contributed by atoms with Crippen molar-refractivity contribution in [1.82, 2.24) is 0 Å². The van der Waals surface area contributed by atoms with Crippen molar-refractivity contribution in [3.8, 4) is 5.75 Å². The molecule has 0 spiro atoms. The van der Waals surface area contributed by atoms with Crippen LogP contribution in [0.2, 0.25) is 0 Å². The summed E-state index contributed by atoms with van der Waals surface area (Å²) in [6.07, 6.45) is 2.11. The first-order valence-electron chi connectivity index (χ1n) is 4.79. The van der Waals surface area contributed by atoms with Crippen molar-refractivity contribution in [3.63, 3.8) is 0 Å². The van der Waals surface area contributed by atoms with Gasteiger partial charge < -0.3 is 9.84 Å². The van der Waals surface area contributed by atoms with Crippen LogP contribution in [0.1, 0.15) is 18.9 Å². The average Bonchev–Trinajstić information content (AvgIpc) is 2.26. The Kier molecular flexibility index (Phi) is 4.20. The van der Waals surface area contributed by atoms with Crippen LogP contribution < -0.4 is 4.74 Å². The van der Waals surface area contributed by atoms with Gasteiger partial charge in [-0.25, -0.2) is 0 Å². The molecule has 0 saturated heterocycles. The Hall–Kier alpha value is -1.28. The molecule has 1 aromatic rings. The average molecular weight is 192 g/mol. The summed E-state index contributed by atoms with van der Waals surface area (Å²) in [5.74, 6) is 0.781. The van der Waals surface area contributed by atoms with E-state index in [1.54, 1.807) is 6.08 Å². The Morgan fingerprint density at radius 2 is 2.07 bits per heavy atom. The van der Waals surface area contributed by atoms with Gasteiger partial charge in [-0.3, -0.25) is 0 Å². The minimum atomic E-state index is -0.380. The van der Waals surface area contributed by atoms with Crippen molar-refractivity contribution in [2.45, 2.75) is 19.4 Å². The summed E-state index contributed by atoms with van der Waals surface area (Å²) in [5, 5.41) is 9.28. The van der Waals surface area contributed by atoms with Gasteiger partial charge in [0, 0.05) is 0 Å². The molecule has 0 aliphatic carbocycles. The van der Waals surface area contributed by atoms with Gasteiger partial charge in [-0.05, 0) is 24.1 Å². The van der Waals surface area contributed by atoms with Crippen LogP contribution in [0.25, 0.3) is 6.08 Å². The lowest BCUT2D eigenvalue weighted by molar-refractivity contribution is 0.104. The van der Waals surface area contributed by atoms with Crippen LogP contribution in [0, 0.1) is 0 Å². The molecular weight excluding hydrogens is 176 g/mol. The minimum absolute atomic E-state index is 0.351. The smallest absolute Gasteiger partial charge is 0.119 e.